The highest BCUT2D eigenvalue weighted by Gasteiger charge is 2.32. The lowest BCUT2D eigenvalue weighted by atomic mass is 9.87. The Morgan fingerprint density at radius 1 is 1.47 bits per heavy atom. The van der Waals surface area contributed by atoms with E-state index in [1.165, 1.54) is 6.08 Å². The molecule has 86 valence electrons. The van der Waals surface area contributed by atoms with E-state index < -0.39 is 23.5 Å². The van der Waals surface area contributed by atoms with Crippen LogP contribution in [0.2, 0.25) is 0 Å². The van der Waals surface area contributed by atoms with Crippen LogP contribution in [0.4, 0.5) is 4.79 Å². The summed E-state index contributed by atoms with van der Waals surface area (Å²) < 4.78 is 0. The molecule has 0 aliphatic rings. The van der Waals surface area contributed by atoms with Crippen molar-refractivity contribution in [1.29, 1.82) is 0 Å². The molecule has 0 aliphatic carbocycles. The van der Waals surface area contributed by atoms with E-state index >= 15 is 0 Å². The predicted octanol–water partition coefficient (Wildman–Crippen LogP) is 0.971. The van der Waals surface area contributed by atoms with Gasteiger partial charge >= 0.3 is 12.0 Å². The van der Waals surface area contributed by atoms with Crippen LogP contribution < -0.4 is 10.6 Å². The Morgan fingerprint density at radius 2 is 2.00 bits per heavy atom. The maximum absolute atomic E-state index is 11.2. The molecular formula is C10H18N2O3. The molecule has 0 fully saturated rings. The SMILES string of the molecule is C=CCNC(=O)NC(C(=O)O)C(C)(C)C. The van der Waals surface area contributed by atoms with Gasteiger partial charge in [0.2, 0.25) is 0 Å². The van der Waals surface area contributed by atoms with Gasteiger partial charge in [0.15, 0.2) is 0 Å². The lowest BCUT2D eigenvalue weighted by Gasteiger charge is -2.27. The highest BCUT2D eigenvalue weighted by molar-refractivity contribution is 5.83. The van der Waals surface area contributed by atoms with Crippen LogP contribution in [0, 0.1) is 5.41 Å². The summed E-state index contributed by atoms with van der Waals surface area (Å²) in [7, 11) is 0. The molecule has 3 N–H and O–H groups in total. The molecule has 0 bridgehead atoms. The van der Waals surface area contributed by atoms with Crippen molar-refractivity contribution in [3.05, 3.63) is 12.7 Å². The minimum Gasteiger partial charge on any atom is -0.480 e. The molecule has 5 nitrogen and oxygen atoms in total. The summed E-state index contributed by atoms with van der Waals surface area (Å²) in [5.41, 5.74) is -0.530. The molecule has 5 heteroatoms. The van der Waals surface area contributed by atoms with Crippen molar-refractivity contribution in [3.63, 3.8) is 0 Å². The number of urea groups is 1. The largest absolute Gasteiger partial charge is 0.480 e. The summed E-state index contributed by atoms with van der Waals surface area (Å²) in [5, 5.41) is 13.8. The predicted molar refractivity (Wildman–Crippen MR) is 57.6 cm³/mol. The first kappa shape index (κ1) is 13.5. The summed E-state index contributed by atoms with van der Waals surface area (Å²) in [4.78, 5) is 22.1. The van der Waals surface area contributed by atoms with Crippen LogP contribution >= 0.6 is 0 Å². The summed E-state index contributed by atoms with van der Waals surface area (Å²) >= 11 is 0. The second-order valence-corrected chi connectivity index (χ2v) is 4.28. The number of rotatable bonds is 4. The van der Waals surface area contributed by atoms with Crippen LogP contribution in [0.25, 0.3) is 0 Å². The van der Waals surface area contributed by atoms with E-state index in [2.05, 4.69) is 17.2 Å². The summed E-state index contributed by atoms with van der Waals surface area (Å²) in [6, 6.07) is -1.42. The van der Waals surface area contributed by atoms with Crippen molar-refractivity contribution >= 4 is 12.0 Å². The molecule has 0 aromatic rings. The maximum atomic E-state index is 11.2. The smallest absolute Gasteiger partial charge is 0.326 e. The van der Waals surface area contributed by atoms with Gasteiger partial charge in [0.25, 0.3) is 0 Å². The molecule has 0 aromatic carbocycles. The minimum absolute atomic E-state index is 0.308. The van der Waals surface area contributed by atoms with Gasteiger partial charge in [-0.2, -0.15) is 0 Å². The van der Waals surface area contributed by atoms with Gasteiger partial charge in [-0.3, -0.25) is 0 Å². The monoisotopic (exact) mass is 214 g/mol. The number of amides is 2. The molecule has 0 aliphatic heterocycles. The van der Waals surface area contributed by atoms with Gasteiger partial charge in [-0.25, -0.2) is 9.59 Å². The number of hydrogen-bond acceptors (Lipinski definition) is 2. The molecular weight excluding hydrogens is 196 g/mol. The third-order valence-electron chi connectivity index (χ3n) is 1.80. The van der Waals surface area contributed by atoms with Crippen molar-refractivity contribution in [1.82, 2.24) is 10.6 Å². The quantitative estimate of drug-likeness (QED) is 0.610. The molecule has 1 atom stereocenters. The molecule has 0 aromatic heterocycles. The van der Waals surface area contributed by atoms with Gasteiger partial charge in [0.1, 0.15) is 6.04 Å². The zero-order chi connectivity index (χ0) is 12.1. The molecule has 1 unspecified atom stereocenters. The molecule has 15 heavy (non-hydrogen) atoms. The fourth-order valence-corrected chi connectivity index (χ4v) is 0.996. The van der Waals surface area contributed by atoms with Crippen LogP contribution in [0.5, 0.6) is 0 Å². The first-order valence-electron chi connectivity index (χ1n) is 4.67. The average molecular weight is 214 g/mol. The van der Waals surface area contributed by atoms with Crippen molar-refractivity contribution in [3.8, 4) is 0 Å². The van der Waals surface area contributed by atoms with Crippen LogP contribution in [-0.2, 0) is 4.79 Å². The van der Waals surface area contributed by atoms with Gasteiger partial charge in [0.05, 0.1) is 0 Å². The molecule has 0 heterocycles. The topological polar surface area (TPSA) is 78.4 Å². The third-order valence-corrected chi connectivity index (χ3v) is 1.80. The zero-order valence-corrected chi connectivity index (χ0v) is 9.33. The number of carboxylic acid groups (broad SMARTS) is 1. The fourth-order valence-electron chi connectivity index (χ4n) is 0.996. The molecule has 2 amide bonds. The summed E-state index contributed by atoms with van der Waals surface area (Å²) in [6.45, 7) is 8.99. The lowest BCUT2D eigenvalue weighted by molar-refractivity contribution is -0.141. The Hall–Kier alpha value is -1.52. The van der Waals surface area contributed by atoms with E-state index in [1.54, 1.807) is 20.8 Å². The van der Waals surface area contributed by atoms with Gasteiger partial charge in [0, 0.05) is 6.54 Å². The Morgan fingerprint density at radius 3 is 2.33 bits per heavy atom. The highest BCUT2D eigenvalue weighted by atomic mass is 16.4. The number of carboxylic acids is 1. The molecule has 0 spiro atoms. The van der Waals surface area contributed by atoms with Crippen LogP contribution in [0.1, 0.15) is 20.8 Å². The first-order chi connectivity index (χ1) is 6.79. The second kappa shape index (κ2) is 5.38. The fraction of sp³-hybridized carbons (Fsp3) is 0.600. The first-order valence-corrected chi connectivity index (χ1v) is 4.67. The van der Waals surface area contributed by atoms with Gasteiger partial charge in [-0.15, -0.1) is 6.58 Å². The number of nitrogens with one attached hydrogen (secondary N) is 2. The van der Waals surface area contributed by atoms with E-state index in [-0.39, 0.29) is 0 Å². The Labute approximate surface area is 89.6 Å². The lowest BCUT2D eigenvalue weighted by Crippen LogP contribution is -2.52. The van der Waals surface area contributed by atoms with E-state index in [0.29, 0.717) is 6.54 Å². The molecule has 0 saturated heterocycles. The van der Waals surface area contributed by atoms with Gasteiger partial charge in [-0.1, -0.05) is 26.8 Å². The maximum Gasteiger partial charge on any atom is 0.326 e. The standard InChI is InChI=1S/C10H18N2O3/c1-5-6-11-9(15)12-7(8(13)14)10(2,3)4/h5,7H,1,6H2,2-4H3,(H,13,14)(H2,11,12,15). The van der Waals surface area contributed by atoms with Crippen LogP contribution in [0.15, 0.2) is 12.7 Å². The molecule has 0 rings (SSSR count). The van der Waals surface area contributed by atoms with Crippen molar-refractivity contribution in [2.75, 3.05) is 6.54 Å². The second-order valence-electron chi connectivity index (χ2n) is 4.28. The van der Waals surface area contributed by atoms with Gasteiger partial charge in [-0.05, 0) is 5.41 Å². The Bertz CT molecular complexity index is 256. The minimum atomic E-state index is -1.05. The van der Waals surface area contributed by atoms with E-state index in [0.717, 1.165) is 0 Å². The number of aliphatic carboxylic acids is 1. The summed E-state index contributed by atoms with van der Waals surface area (Å²) in [5.74, 6) is -1.05. The number of carbonyl (C=O) groups is 2. The number of carbonyl (C=O) groups excluding carboxylic acids is 1. The number of hydrogen-bond donors (Lipinski definition) is 3. The Balaban J connectivity index is 4.37. The van der Waals surface area contributed by atoms with Crippen LogP contribution in [-0.4, -0.2) is 29.7 Å². The van der Waals surface area contributed by atoms with E-state index in [1.807, 2.05) is 0 Å². The normalized spacial score (nSPS) is 12.7. The molecule has 0 radical (unpaired) electrons. The highest BCUT2D eigenvalue weighted by Crippen LogP contribution is 2.19. The van der Waals surface area contributed by atoms with Crippen molar-refractivity contribution < 1.29 is 14.7 Å². The average Bonchev–Trinajstić information content (AvgIpc) is 2.08. The van der Waals surface area contributed by atoms with Crippen molar-refractivity contribution in [2.24, 2.45) is 5.41 Å². The summed E-state index contributed by atoms with van der Waals surface area (Å²) in [6.07, 6.45) is 1.52. The third kappa shape index (κ3) is 5.05. The van der Waals surface area contributed by atoms with Gasteiger partial charge < -0.3 is 15.7 Å². The van der Waals surface area contributed by atoms with E-state index in [9.17, 15) is 9.59 Å². The Kier molecular flexibility index (Phi) is 4.84. The van der Waals surface area contributed by atoms with E-state index in [4.69, 9.17) is 5.11 Å². The zero-order valence-electron chi connectivity index (χ0n) is 9.33. The van der Waals surface area contributed by atoms with Crippen molar-refractivity contribution in [2.45, 2.75) is 26.8 Å². The molecule has 0 saturated carbocycles. The van der Waals surface area contributed by atoms with Crippen LogP contribution in [0.3, 0.4) is 0 Å².